The van der Waals surface area contributed by atoms with Crippen LogP contribution >= 0.6 is 0 Å². The number of hydrogen-bond donors (Lipinski definition) is 1. The van der Waals surface area contributed by atoms with Crippen LogP contribution in [0.3, 0.4) is 0 Å². The molecule has 0 aliphatic carbocycles. The Kier molecular flexibility index (Phi) is 6.01. The zero-order chi connectivity index (χ0) is 20.4. The first-order chi connectivity index (χ1) is 13.1. The van der Waals surface area contributed by atoms with Crippen molar-refractivity contribution in [1.29, 1.82) is 0 Å². The van der Waals surface area contributed by atoms with E-state index in [1.165, 1.54) is 5.56 Å². The molecule has 2 aromatic heterocycles. The Labute approximate surface area is 169 Å². The fourth-order valence-electron chi connectivity index (χ4n) is 4.46. The molecule has 2 aromatic rings. The Morgan fingerprint density at radius 3 is 2.00 bits per heavy atom. The predicted molar refractivity (Wildman–Crippen MR) is 114 cm³/mol. The molecule has 0 amide bonds. The van der Waals surface area contributed by atoms with Crippen LogP contribution in [-0.2, 0) is 13.1 Å². The molecule has 0 aromatic carbocycles. The molecule has 6 nitrogen and oxygen atoms in total. The van der Waals surface area contributed by atoms with Crippen molar-refractivity contribution < 1.29 is 0 Å². The summed E-state index contributed by atoms with van der Waals surface area (Å²) in [6.07, 6.45) is 9.88. The van der Waals surface area contributed by atoms with Crippen LogP contribution in [0.5, 0.6) is 0 Å². The number of piperidine rings is 1. The molecule has 3 rings (SSSR count). The fraction of sp³-hybridized carbons (Fsp3) is 0.591. The van der Waals surface area contributed by atoms with E-state index in [1.54, 1.807) is 0 Å². The number of aromatic nitrogens is 3. The van der Waals surface area contributed by atoms with Crippen LogP contribution in [0.2, 0.25) is 0 Å². The van der Waals surface area contributed by atoms with Crippen molar-refractivity contribution in [3.8, 4) is 0 Å². The maximum absolute atomic E-state index is 4.51. The summed E-state index contributed by atoms with van der Waals surface area (Å²) in [5, 5.41) is 3.80. The van der Waals surface area contributed by atoms with E-state index in [0.29, 0.717) is 6.04 Å². The van der Waals surface area contributed by atoms with E-state index in [2.05, 4.69) is 65.0 Å². The lowest BCUT2D eigenvalue weighted by molar-refractivity contribution is 0.0562. The lowest BCUT2D eigenvalue weighted by Crippen LogP contribution is -2.62. The number of rotatable bonds is 6. The Balaban J connectivity index is 1.84. The highest BCUT2D eigenvalue weighted by Crippen LogP contribution is 2.33. The molecular formula is C22H34N6. The lowest BCUT2D eigenvalue weighted by atomic mass is 9.79. The molecule has 1 aliphatic rings. The van der Waals surface area contributed by atoms with E-state index in [0.717, 1.165) is 37.4 Å². The van der Waals surface area contributed by atoms with Crippen LogP contribution in [0.1, 0.15) is 51.7 Å². The van der Waals surface area contributed by atoms with Gasteiger partial charge in [-0.15, -0.1) is 0 Å². The standard InChI is InChI=1S/C22H34N6/c1-21(2)11-19(12-22(3,4)26-21)28(15-17-7-9-23-10-8-17)16-18-13-24-20(25-14-18)27(5)6/h7-10,13-14,19,26H,11-12,15-16H2,1-6H3. The molecule has 1 fully saturated rings. The molecule has 0 saturated carbocycles. The Morgan fingerprint density at radius 2 is 1.46 bits per heavy atom. The molecule has 6 heteroatoms. The van der Waals surface area contributed by atoms with Crippen LogP contribution in [0, 0.1) is 0 Å². The quantitative estimate of drug-likeness (QED) is 0.828. The summed E-state index contributed by atoms with van der Waals surface area (Å²) >= 11 is 0. The number of pyridine rings is 1. The lowest BCUT2D eigenvalue weighted by Gasteiger charge is -2.49. The van der Waals surface area contributed by atoms with Gasteiger partial charge in [0.1, 0.15) is 0 Å². The molecule has 3 heterocycles. The van der Waals surface area contributed by atoms with Gasteiger partial charge in [0.05, 0.1) is 0 Å². The van der Waals surface area contributed by atoms with Crippen LogP contribution in [0.4, 0.5) is 5.95 Å². The third-order valence-electron chi connectivity index (χ3n) is 5.30. The van der Waals surface area contributed by atoms with Gasteiger partial charge in [-0.25, -0.2) is 9.97 Å². The molecule has 28 heavy (non-hydrogen) atoms. The van der Waals surface area contributed by atoms with Crippen molar-refractivity contribution in [2.75, 3.05) is 19.0 Å². The smallest absolute Gasteiger partial charge is 0.224 e. The van der Waals surface area contributed by atoms with Gasteiger partial charge in [-0.05, 0) is 58.2 Å². The summed E-state index contributed by atoms with van der Waals surface area (Å²) < 4.78 is 0. The molecule has 1 aliphatic heterocycles. The molecule has 0 radical (unpaired) electrons. The van der Waals surface area contributed by atoms with Crippen molar-refractivity contribution in [3.05, 3.63) is 48.0 Å². The first kappa shape index (κ1) is 20.7. The highest BCUT2D eigenvalue weighted by atomic mass is 15.2. The maximum Gasteiger partial charge on any atom is 0.224 e. The Bertz CT molecular complexity index is 738. The van der Waals surface area contributed by atoms with E-state index in [9.17, 15) is 0 Å². The molecule has 152 valence electrons. The van der Waals surface area contributed by atoms with Gasteiger partial charge in [-0.2, -0.15) is 0 Å². The molecule has 0 spiro atoms. The van der Waals surface area contributed by atoms with E-state index < -0.39 is 0 Å². The molecule has 0 unspecified atom stereocenters. The van der Waals surface area contributed by atoms with E-state index in [4.69, 9.17) is 0 Å². The van der Waals surface area contributed by atoms with E-state index >= 15 is 0 Å². The topological polar surface area (TPSA) is 57.2 Å². The van der Waals surface area contributed by atoms with Gasteiger partial charge in [-0.3, -0.25) is 9.88 Å². The zero-order valence-electron chi connectivity index (χ0n) is 18.1. The number of hydrogen-bond acceptors (Lipinski definition) is 6. The second-order valence-corrected chi connectivity index (χ2v) is 9.50. The van der Waals surface area contributed by atoms with Gasteiger partial charge in [0.25, 0.3) is 0 Å². The van der Waals surface area contributed by atoms with Crippen molar-refractivity contribution in [2.24, 2.45) is 0 Å². The largest absolute Gasteiger partial charge is 0.347 e. The van der Waals surface area contributed by atoms with E-state index in [1.807, 2.05) is 43.8 Å². The minimum atomic E-state index is 0.105. The van der Waals surface area contributed by atoms with Crippen molar-refractivity contribution in [1.82, 2.24) is 25.2 Å². The van der Waals surface area contributed by atoms with Gasteiger partial charge < -0.3 is 10.2 Å². The minimum Gasteiger partial charge on any atom is -0.347 e. The van der Waals surface area contributed by atoms with Crippen LogP contribution in [0.25, 0.3) is 0 Å². The highest BCUT2D eigenvalue weighted by molar-refractivity contribution is 5.26. The molecule has 0 atom stereocenters. The average Bonchev–Trinajstić information content (AvgIpc) is 2.60. The SMILES string of the molecule is CN(C)c1ncc(CN(Cc2ccncc2)C2CC(C)(C)NC(C)(C)C2)cn1. The average molecular weight is 383 g/mol. The summed E-state index contributed by atoms with van der Waals surface area (Å²) in [7, 11) is 3.92. The summed E-state index contributed by atoms with van der Waals surface area (Å²) in [4.78, 5) is 17.7. The van der Waals surface area contributed by atoms with Crippen LogP contribution in [0.15, 0.2) is 36.9 Å². The Hall–Kier alpha value is -2.05. The number of anilines is 1. The third-order valence-corrected chi connectivity index (χ3v) is 5.30. The minimum absolute atomic E-state index is 0.105. The zero-order valence-corrected chi connectivity index (χ0v) is 18.1. The van der Waals surface area contributed by atoms with Gasteiger partial charge >= 0.3 is 0 Å². The molecule has 1 saturated heterocycles. The number of nitrogens with one attached hydrogen (secondary N) is 1. The highest BCUT2D eigenvalue weighted by Gasteiger charge is 2.39. The van der Waals surface area contributed by atoms with Crippen molar-refractivity contribution in [3.63, 3.8) is 0 Å². The monoisotopic (exact) mass is 382 g/mol. The van der Waals surface area contributed by atoms with Crippen LogP contribution in [-0.4, -0.2) is 51.1 Å². The molecule has 1 N–H and O–H groups in total. The van der Waals surface area contributed by atoms with Crippen LogP contribution < -0.4 is 10.2 Å². The first-order valence-corrected chi connectivity index (χ1v) is 10.0. The summed E-state index contributed by atoms with van der Waals surface area (Å²) in [6.45, 7) is 11.0. The summed E-state index contributed by atoms with van der Waals surface area (Å²) in [5.74, 6) is 0.744. The molecular weight excluding hydrogens is 348 g/mol. The Morgan fingerprint density at radius 1 is 0.929 bits per heavy atom. The summed E-state index contributed by atoms with van der Waals surface area (Å²) in [5.41, 5.74) is 2.64. The predicted octanol–water partition coefficient (Wildman–Crippen LogP) is 3.25. The second kappa shape index (κ2) is 8.13. The normalized spacial score (nSPS) is 19.0. The van der Waals surface area contributed by atoms with Gasteiger partial charge in [-0.1, -0.05) is 0 Å². The summed E-state index contributed by atoms with van der Waals surface area (Å²) in [6, 6.07) is 4.69. The second-order valence-electron chi connectivity index (χ2n) is 9.50. The van der Waals surface area contributed by atoms with Gasteiger partial charge in [0.2, 0.25) is 5.95 Å². The van der Waals surface area contributed by atoms with Gasteiger partial charge in [0.15, 0.2) is 0 Å². The third kappa shape index (κ3) is 5.49. The number of nitrogens with zero attached hydrogens (tertiary/aromatic N) is 5. The fourth-order valence-corrected chi connectivity index (χ4v) is 4.46. The van der Waals surface area contributed by atoms with Crippen molar-refractivity contribution >= 4 is 5.95 Å². The van der Waals surface area contributed by atoms with Crippen molar-refractivity contribution in [2.45, 2.75) is 70.7 Å². The molecule has 0 bridgehead atoms. The van der Waals surface area contributed by atoms with Gasteiger partial charge in [0, 0.05) is 74.7 Å². The van der Waals surface area contributed by atoms with E-state index in [-0.39, 0.29) is 11.1 Å². The first-order valence-electron chi connectivity index (χ1n) is 10.0. The maximum atomic E-state index is 4.51.